The van der Waals surface area contributed by atoms with Crippen molar-refractivity contribution in [3.8, 4) is 6.07 Å². The summed E-state index contributed by atoms with van der Waals surface area (Å²) in [6, 6.07) is 3.04. The fraction of sp³-hybridized carbons (Fsp3) is 0.750. The highest BCUT2D eigenvalue weighted by Gasteiger charge is 2.31. The Morgan fingerprint density at radius 2 is 1.86 bits per heavy atom. The quantitative estimate of drug-likeness (QED) is 0.925. The van der Waals surface area contributed by atoms with Gasteiger partial charge in [-0.2, -0.15) is 5.26 Å². The van der Waals surface area contributed by atoms with Crippen molar-refractivity contribution in [2.75, 3.05) is 26.2 Å². The molecule has 1 unspecified atom stereocenters. The van der Waals surface area contributed by atoms with Crippen LogP contribution in [0.1, 0.15) is 48.9 Å². The molecule has 1 saturated carbocycles. The van der Waals surface area contributed by atoms with Crippen LogP contribution < -0.4 is 0 Å². The lowest BCUT2D eigenvalue weighted by Crippen LogP contribution is -2.50. The Kier molecular flexibility index (Phi) is 4.27. The van der Waals surface area contributed by atoms with E-state index in [1.54, 1.807) is 0 Å². The molecule has 0 radical (unpaired) electrons. The number of imidazole rings is 1. The van der Waals surface area contributed by atoms with Crippen molar-refractivity contribution < 1.29 is 0 Å². The summed E-state index contributed by atoms with van der Waals surface area (Å²) in [7, 11) is 0. The first-order valence-corrected chi connectivity index (χ1v) is 8.10. The van der Waals surface area contributed by atoms with Crippen LogP contribution in [0.4, 0.5) is 0 Å². The SMILES string of the molecule is Cc1nc(C(C#N)N2CCN(C3CCCC3)CC2)c(C)[nH]1. The standard InChI is InChI=1S/C16H25N5/c1-12-16(19-13(2)18-12)15(11-17)21-9-7-20(8-10-21)14-5-3-4-6-14/h14-15H,3-10H2,1-2H3,(H,18,19). The molecule has 21 heavy (non-hydrogen) atoms. The molecular formula is C16H25N5. The Balaban J connectivity index is 1.64. The maximum absolute atomic E-state index is 9.58. The van der Waals surface area contributed by atoms with Gasteiger partial charge in [-0.05, 0) is 26.7 Å². The molecule has 5 heteroatoms. The molecule has 1 N–H and O–H groups in total. The predicted octanol–water partition coefficient (Wildman–Crippen LogP) is 2.15. The molecule has 114 valence electrons. The van der Waals surface area contributed by atoms with Gasteiger partial charge in [-0.1, -0.05) is 12.8 Å². The monoisotopic (exact) mass is 287 g/mol. The lowest BCUT2D eigenvalue weighted by atomic mass is 10.1. The van der Waals surface area contributed by atoms with Crippen molar-refractivity contribution >= 4 is 0 Å². The zero-order valence-corrected chi connectivity index (χ0v) is 13.1. The molecule has 0 bridgehead atoms. The van der Waals surface area contributed by atoms with Gasteiger partial charge in [-0.25, -0.2) is 4.98 Å². The fourth-order valence-corrected chi connectivity index (χ4v) is 3.84. The summed E-state index contributed by atoms with van der Waals surface area (Å²) < 4.78 is 0. The summed E-state index contributed by atoms with van der Waals surface area (Å²) in [4.78, 5) is 12.6. The Bertz CT molecular complexity index is 515. The average molecular weight is 287 g/mol. The van der Waals surface area contributed by atoms with Gasteiger partial charge in [-0.15, -0.1) is 0 Å². The second-order valence-electron chi connectivity index (χ2n) is 6.37. The zero-order chi connectivity index (χ0) is 14.8. The lowest BCUT2D eigenvalue weighted by molar-refractivity contribution is 0.0830. The van der Waals surface area contributed by atoms with E-state index in [1.165, 1.54) is 25.7 Å². The summed E-state index contributed by atoms with van der Waals surface area (Å²) in [5.41, 5.74) is 1.93. The van der Waals surface area contributed by atoms with Gasteiger partial charge in [0.05, 0.1) is 11.8 Å². The molecule has 2 aliphatic rings. The van der Waals surface area contributed by atoms with Gasteiger partial charge in [0.15, 0.2) is 0 Å². The maximum Gasteiger partial charge on any atom is 0.142 e. The van der Waals surface area contributed by atoms with Gasteiger partial charge in [-0.3, -0.25) is 9.80 Å². The molecular weight excluding hydrogens is 262 g/mol. The molecule has 0 aromatic carbocycles. The van der Waals surface area contributed by atoms with Gasteiger partial charge < -0.3 is 4.98 Å². The van der Waals surface area contributed by atoms with E-state index in [9.17, 15) is 5.26 Å². The topological polar surface area (TPSA) is 59.0 Å². The maximum atomic E-state index is 9.58. The Morgan fingerprint density at radius 1 is 1.19 bits per heavy atom. The highest BCUT2D eigenvalue weighted by molar-refractivity contribution is 5.22. The average Bonchev–Trinajstić information content (AvgIpc) is 3.11. The number of H-pyrrole nitrogens is 1. The number of aryl methyl sites for hydroxylation is 2. The summed E-state index contributed by atoms with van der Waals surface area (Å²) in [6.07, 6.45) is 5.49. The smallest absolute Gasteiger partial charge is 0.142 e. The molecule has 2 heterocycles. The summed E-state index contributed by atoms with van der Waals surface area (Å²) >= 11 is 0. The summed E-state index contributed by atoms with van der Waals surface area (Å²) in [5.74, 6) is 0.896. The number of aromatic amines is 1. The predicted molar refractivity (Wildman–Crippen MR) is 81.8 cm³/mol. The van der Waals surface area contributed by atoms with Gasteiger partial charge in [0, 0.05) is 37.9 Å². The number of nitrogens with zero attached hydrogens (tertiary/aromatic N) is 4. The minimum Gasteiger partial charge on any atom is -0.346 e. The first-order chi connectivity index (χ1) is 10.2. The number of hydrogen-bond acceptors (Lipinski definition) is 4. The molecule has 1 aliphatic carbocycles. The van der Waals surface area contributed by atoms with Crippen molar-refractivity contribution in [3.05, 3.63) is 17.2 Å². The van der Waals surface area contributed by atoms with Crippen LogP contribution in [0, 0.1) is 25.2 Å². The Hall–Kier alpha value is -1.38. The van der Waals surface area contributed by atoms with Crippen molar-refractivity contribution in [3.63, 3.8) is 0 Å². The molecule has 1 aromatic rings. The molecule has 2 fully saturated rings. The summed E-state index contributed by atoms with van der Waals surface area (Å²) in [5, 5.41) is 9.58. The molecule has 0 amide bonds. The van der Waals surface area contributed by atoms with Gasteiger partial charge in [0.25, 0.3) is 0 Å². The van der Waals surface area contributed by atoms with E-state index in [2.05, 4.69) is 25.8 Å². The molecule has 1 saturated heterocycles. The molecule has 3 rings (SSSR count). The molecule has 1 atom stereocenters. The Labute approximate surface area is 127 Å². The fourth-order valence-electron chi connectivity index (χ4n) is 3.84. The highest BCUT2D eigenvalue weighted by Crippen LogP contribution is 2.27. The second-order valence-corrected chi connectivity index (χ2v) is 6.37. The van der Waals surface area contributed by atoms with Crippen LogP contribution >= 0.6 is 0 Å². The first kappa shape index (κ1) is 14.6. The summed E-state index contributed by atoms with van der Waals surface area (Å²) in [6.45, 7) is 8.08. The number of aromatic nitrogens is 2. The van der Waals surface area contributed by atoms with E-state index in [0.29, 0.717) is 0 Å². The second kappa shape index (κ2) is 6.17. The Morgan fingerprint density at radius 3 is 2.38 bits per heavy atom. The van der Waals surface area contributed by atoms with Gasteiger partial charge >= 0.3 is 0 Å². The van der Waals surface area contributed by atoms with Crippen LogP contribution in [0.5, 0.6) is 0 Å². The van der Waals surface area contributed by atoms with Crippen LogP contribution in [-0.4, -0.2) is 52.0 Å². The number of hydrogen-bond donors (Lipinski definition) is 1. The third kappa shape index (κ3) is 2.97. The van der Waals surface area contributed by atoms with Crippen LogP contribution in [-0.2, 0) is 0 Å². The van der Waals surface area contributed by atoms with E-state index in [1.807, 2.05) is 13.8 Å². The van der Waals surface area contributed by atoms with E-state index >= 15 is 0 Å². The van der Waals surface area contributed by atoms with Crippen molar-refractivity contribution in [1.29, 1.82) is 5.26 Å². The molecule has 5 nitrogen and oxygen atoms in total. The van der Waals surface area contributed by atoms with E-state index in [4.69, 9.17) is 0 Å². The minimum atomic E-state index is -0.208. The van der Waals surface area contributed by atoms with E-state index in [-0.39, 0.29) is 6.04 Å². The largest absolute Gasteiger partial charge is 0.346 e. The third-order valence-corrected chi connectivity index (χ3v) is 4.98. The van der Waals surface area contributed by atoms with Crippen LogP contribution in [0.15, 0.2) is 0 Å². The first-order valence-electron chi connectivity index (χ1n) is 8.10. The van der Waals surface area contributed by atoms with Gasteiger partial charge in [0.2, 0.25) is 0 Å². The van der Waals surface area contributed by atoms with Crippen molar-refractivity contribution in [2.45, 2.75) is 51.6 Å². The lowest BCUT2D eigenvalue weighted by Gasteiger charge is -2.39. The molecule has 0 spiro atoms. The van der Waals surface area contributed by atoms with Gasteiger partial charge in [0.1, 0.15) is 11.9 Å². The minimum absolute atomic E-state index is 0.208. The molecule has 1 aromatic heterocycles. The molecule has 1 aliphatic heterocycles. The normalized spacial score (nSPS) is 23.3. The zero-order valence-electron chi connectivity index (χ0n) is 13.1. The van der Waals surface area contributed by atoms with Crippen LogP contribution in [0.3, 0.4) is 0 Å². The van der Waals surface area contributed by atoms with Crippen molar-refractivity contribution in [2.24, 2.45) is 0 Å². The van der Waals surface area contributed by atoms with Crippen molar-refractivity contribution in [1.82, 2.24) is 19.8 Å². The number of piperazine rings is 1. The third-order valence-electron chi connectivity index (χ3n) is 4.98. The number of nitrogens with one attached hydrogen (secondary N) is 1. The van der Waals surface area contributed by atoms with E-state index in [0.717, 1.165) is 49.4 Å². The van der Waals surface area contributed by atoms with Crippen LogP contribution in [0.25, 0.3) is 0 Å². The highest BCUT2D eigenvalue weighted by atomic mass is 15.3. The number of rotatable bonds is 3. The number of nitriles is 1. The van der Waals surface area contributed by atoms with Crippen LogP contribution in [0.2, 0.25) is 0 Å². The van der Waals surface area contributed by atoms with E-state index < -0.39 is 0 Å².